The zero-order chi connectivity index (χ0) is 9.42. The first-order valence-corrected chi connectivity index (χ1v) is 4.97. The van der Waals surface area contributed by atoms with Crippen LogP contribution in [-0.2, 0) is 0 Å². The maximum absolute atomic E-state index is 8.85. The van der Waals surface area contributed by atoms with Crippen LogP contribution in [0.25, 0.3) is 4.91 Å². The van der Waals surface area contributed by atoms with Crippen LogP contribution in [0.5, 0.6) is 0 Å². The molecule has 0 saturated heterocycles. The number of nitrogens with zero attached hydrogens (tertiary/aromatic N) is 2. The quantitative estimate of drug-likeness (QED) is 0.733. The summed E-state index contributed by atoms with van der Waals surface area (Å²) in [6.45, 7) is 0. The molecule has 1 N–H and O–H groups in total. The number of aromatic nitrogens is 1. The lowest BCUT2D eigenvalue weighted by Gasteiger charge is -1.96. The van der Waals surface area contributed by atoms with Gasteiger partial charge in [-0.1, -0.05) is 0 Å². The van der Waals surface area contributed by atoms with Crippen LogP contribution >= 0.6 is 11.8 Å². The third kappa shape index (κ3) is 0.941. The van der Waals surface area contributed by atoms with Gasteiger partial charge >= 0.3 is 0 Å². The van der Waals surface area contributed by atoms with E-state index in [1.54, 1.807) is 10.8 Å². The molecule has 1 aliphatic heterocycles. The average Bonchev–Trinajstić information content (AvgIpc) is 2.67. The van der Waals surface area contributed by atoms with Gasteiger partial charge in [-0.3, -0.25) is 5.41 Å². The molecule has 4 heteroatoms. The molecule has 0 amide bonds. The van der Waals surface area contributed by atoms with E-state index in [0.717, 1.165) is 10.6 Å². The van der Waals surface area contributed by atoms with Crippen molar-refractivity contribution >= 4 is 22.5 Å². The molecule has 64 valence electrons. The summed E-state index contributed by atoms with van der Waals surface area (Å²) in [6.07, 6.45) is 3.72. The molecule has 0 unspecified atom stereocenters. The second-order valence-electron chi connectivity index (χ2n) is 2.63. The lowest BCUT2D eigenvalue weighted by molar-refractivity contribution is 1.14. The van der Waals surface area contributed by atoms with Gasteiger partial charge in [-0.2, -0.15) is 5.26 Å². The molecular weight excluding hydrogens is 182 g/mol. The highest BCUT2D eigenvalue weighted by molar-refractivity contribution is 8.07. The van der Waals surface area contributed by atoms with Crippen LogP contribution in [0.1, 0.15) is 5.69 Å². The summed E-state index contributed by atoms with van der Waals surface area (Å²) in [6, 6.07) is 5.87. The molecule has 0 aromatic carbocycles. The van der Waals surface area contributed by atoms with Crippen molar-refractivity contribution in [2.24, 2.45) is 0 Å². The van der Waals surface area contributed by atoms with Crippen molar-refractivity contribution in [3.8, 4) is 6.07 Å². The Bertz CT molecular complexity index is 448. The number of allylic oxidation sites excluding steroid dienone is 1. The maximum atomic E-state index is 8.85. The van der Waals surface area contributed by atoms with Crippen molar-refractivity contribution in [2.45, 2.75) is 0 Å². The van der Waals surface area contributed by atoms with Crippen LogP contribution in [0.3, 0.4) is 0 Å². The molecule has 1 aliphatic rings. The largest absolute Gasteiger partial charge is 0.300 e. The monoisotopic (exact) mass is 189 g/mol. The topological polar surface area (TPSA) is 52.6 Å². The Labute approximate surface area is 80.2 Å². The predicted octanol–water partition coefficient (Wildman–Crippen LogP) is 1.92. The molecule has 1 aromatic rings. The van der Waals surface area contributed by atoms with E-state index >= 15 is 0 Å². The van der Waals surface area contributed by atoms with Crippen LogP contribution in [0, 0.1) is 16.7 Å². The number of thioether (sulfide) groups is 1. The molecule has 0 fully saturated rings. The minimum absolute atomic E-state index is 0.284. The van der Waals surface area contributed by atoms with Gasteiger partial charge in [0.1, 0.15) is 17.5 Å². The van der Waals surface area contributed by atoms with Crippen molar-refractivity contribution in [2.75, 3.05) is 6.26 Å². The number of nitrogens with one attached hydrogen (secondary N) is 1. The Kier molecular flexibility index (Phi) is 1.74. The van der Waals surface area contributed by atoms with Crippen molar-refractivity contribution < 1.29 is 0 Å². The lowest BCUT2D eigenvalue weighted by Crippen LogP contribution is -2.05. The van der Waals surface area contributed by atoms with Crippen LogP contribution in [-0.4, -0.2) is 16.7 Å². The molecule has 2 heterocycles. The summed E-state index contributed by atoms with van der Waals surface area (Å²) in [5.74, 6) is 0.284. The smallest absolute Gasteiger partial charge is 0.148 e. The highest BCUT2D eigenvalue weighted by atomic mass is 32.2. The summed E-state index contributed by atoms with van der Waals surface area (Å²) < 4.78 is 1.73. The molecule has 0 atom stereocenters. The summed E-state index contributed by atoms with van der Waals surface area (Å²) in [5.41, 5.74) is 1.43. The summed E-state index contributed by atoms with van der Waals surface area (Å²) in [5, 5.41) is 16.6. The third-order valence-electron chi connectivity index (χ3n) is 2.00. The molecule has 0 saturated carbocycles. The van der Waals surface area contributed by atoms with Gasteiger partial charge in [-0.15, -0.1) is 11.8 Å². The maximum Gasteiger partial charge on any atom is 0.148 e. The van der Waals surface area contributed by atoms with Crippen LogP contribution in [0.4, 0.5) is 0 Å². The van der Waals surface area contributed by atoms with Gasteiger partial charge in [0.15, 0.2) is 0 Å². The van der Waals surface area contributed by atoms with E-state index in [-0.39, 0.29) is 5.84 Å². The minimum Gasteiger partial charge on any atom is -0.300 e. The standard InChI is InChI=1S/C9H7N3S/c1-13-8-6(5-10)9(11)12-4-2-3-7(8)12/h2-4,11H,1H3. The molecule has 0 spiro atoms. The number of rotatable bonds is 1. The Morgan fingerprint density at radius 2 is 2.38 bits per heavy atom. The van der Waals surface area contributed by atoms with Gasteiger partial charge in [0, 0.05) is 6.20 Å². The van der Waals surface area contributed by atoms with Gasteiger partial charge in [-0.25, -0.2) is 0 Å². The Balaban J connectivity index is 2.69. The van der Waals surface area contributed by atoms with E-state index in [1.807, 2.05) is 18.4 Å². The highest BCUT2D eigenvalue weighted by Crippen LogP contribution is 2.34. The fourth-order valence-corrected chi connectivity index (χ4v) is 2.15. The number of hydrogen-bond donors (Lipinski definition) is 1. The predicted molar refractivity (Wildman–Crippen MR) is 53.6 cm³/mol. The summed E-state index contributed by atoms with van der Waals surface area (Å²) in [4.78, 5) is 0.900. The lowest BCUT2D eigenvalue weighted by atomic mass is 10.2. The normalized spacial score (nSPS) is 14.6. The van der Waals surface area contributed by atoms with E-state index in [2.05, 4.69) is 6.07 Å². The number of nitriles is 1. The van der Waals surface area contributed by atoms with E-state index in [9.17, 15) is 0 Å². The third-order valence-corrected chi connectivity index (χ3v) is 2.82. The first-order chi connectivity index (χ1) is 6.29. The van der Waals surface area contributed by atoms with Gasteiger partial charge in [0.05, 0.1) is 10.6 Å². The Morgan fingerprint density at radius 1 is 1.62 bits per heavy atom. The van der Waals surface area contributed by atoms with Crippen LogP contribution in [0.15, 0.2) is 23.9 Å². The van der Waals surface area contributed by atoms with Crippen molar-refractivity contribution in [3.05, 3.63) is 29.6 Å². The second kappa shape index (κ2) is 2.79. The van der Waals surface area contributed by atoms with E-state index in [0.29, 0.717) is 5.57 Å². The summed E-state index contributed by atoms with van der Waals surface area (Å²) in [7, 11) is 0. The first-order valence-electron chi connectivity index (χ1n) is 3.75. The molecule has 0 aliphatic carbocycles. The van der Waals surface area contributed by atoms with Crippen LogP contribution in [0.2, 0.25) is 0 Å². The SMILES string of the molecule is CSC1=C(C#N)C(=N)n2cccc21. The highest BCUT2D eigenvalue weighted by Gasteiger charge is 2.25. The van der Waals surface area contributed by atoms with Gasteiger partial charge in [0.25, 0.3) is 0 Å². The zero-order valence-electron chi connectivity index (χ0n) is 7.03. The molecule has 3 nitrogen and oxygen atoms in total. The second-order valence-corrected chi connectivity index (χ2v) is 3.45. The number of hydrogen-bond acceptors (Lipinski definition) is 3. The van der Waals surface area contributed by atoms with E-state index in [4.69, 9.17) is 10.7 Å². The molecular formula is C9H7N3S. The Hall–Kier alpha value is -1.47. The molecule has 0 bridgehead atoms. The van der Waals surface area contributed by atoms with E-state index < -0.39 is 0 Å². The van der Waals surface area contributed by atoms with Gasteiger partial charge < -0.3 is 4.57 Å². The van der Waals surface area contributed by atoms with Gasteiger partial charge in [0.2, 0.25) is 0 Å². The van der Waals surface area contributed by atoms with Crippen molar-refractivity contribution in [1.82, 2.24) is 4.57 Å². The average molecular weight is 189 g/mol. The fraction of sp³-hybridized carbons (Fsp3) is 0.111. The van der Waals surface area contributed by atoms with Crippen molar-refractivity contribution in [3.63, 3.8) is 0 Å². The van der Waals surface area contributed by atoms with E-state index in [1.165, 1.54) is 11.8 Å². The molecule has 1 aromatic heterocycles. The molecule has 2 rings (SSSR count). The zero-order valence-corrected chi connectivity index (χ0v) is 7.85. The molecule has 13 heavy (non-hydrogen) atoms. The minimum atomic E-state index is 0.284. The van der Waals surface area contributed by atoms with Crippen molar-refractivity contribution in [1.29, 1.82) is 10.7 Å². The number of fused-ring (bicyclic) bond motifs is 1. The van der Waals surface area contributed by atoms with Gasteiger partial charge in [-0.05, 0) is 18.4 Å². The van der Waals surface area contributed by atoms with Crippen LogP contribution < -0.4 is 0 Å². The first kappa shape index (κ1) is 8.14. The fourth-order valence-electron chi connectivity index (χ4n) is 1.43. The molecule has 0 radical (unpaired) electrons. The Morgan fingerprint density at radius 3 is 3.00 bits per heavy atom. The summed E-state index contributed by atoms with van der Waals surface area (Å²) >= 11 is 1.51.